The van der Waals surface area contributed by atoms with Crippen LogP contribution in [0.4, 0.5) is 0 Å². The van der Waals surface area contributed by atoms with Crippen molar-refractivity contribution in [2.24, 2.45) is 11.8 Å². The van der Waals surface area contributed by atoms with Gasteiger partial charge in [0.25, 0.3) is 0 Å². The SMILES string of the molecule is CCCCOCCCC[N+]12CCC(CC1)[C@@H](OCC(O)(c1ccccc1)C1CCCC1)C2. The third-order valence-corrected chi connectivity index (χ3v) is 8.68. The quantitative estimate of drug-likeness (QED) is 0.332. The van der Waals surface area contributed by atoms with Crippen LogP contribution in [0, 0.1) is 11.8 Å². The molecule has 2 atom stereocenters. The summed E-state index contributed by atoms with van der Waals surface area (Å²) in [5, 5.41) is 11.9. The zero-order valence-electron chi connectivity index (χ0n) is 20.4. The molecule has 0 aromatic heterocycles. The molecular formula is C28H46NO3+. The van der Waals surface area contributed by atoms with E-state index in [0.717, 1.165) is 38.2 Å². The highest BCUT2D eigenvalue weighted by Gasteiger charge is 2.48. The number of hydrogen-bond donors (Lipinski definition) is 1. The monoisotopic (exact) mass is 444 g/mol. The van der Waals surface area contributed by atoms with Gasteiger partial charge >= 0.3 is 0 Å². The summed E-state index contributed by atoms with van der Waals surface area (Å²) < 4.78 is 13.6. The maximum Gasteiger partial charge on any atom is 0.116 e. The molecule has 3 heterocycles. The van der Waals surface area contributed by atoms with Crippen molar-refractivity contribution < 1.29 is 19.1 Å². The number of nitrogens with zero attached hydrogens (tertiary/aromatic N) is 1. The number of quaternary nitrogens is 1. The standard InChI is InChI=1S/C28H46NO3/c1-2-3-20-31-21-10-9-17-29-18-15-24(16-19-29)27(22-29)32-23-28(30,26-13-7-8-14-26)25-11-5-4-6-12-25/h4-6,11-12,24,26-27,30H,2-3,7-10,13-23H2,1H3/q+1/t24?,27-,28?,29?/m0/s1. The molecule has 1 unspecified atom stereocenters. The molecular weight excluding hydrogens is 398 g/mol. The van der Waals surface area contributed by atoms with Crippen LogP contribution in [0.2, 0.25) is 0 Å². The molecule has 1 aromatic carbocycles. The highest BCUT2D eigenvalue weighted by atomic mass is 16.5. The summed E-state index contributed by atoms with van der Waals surface area (Å²) in [5.74, 6) is 0.998. The summed E-state index contributed by atoms with van der Waals surface area (Å²) in [4.78, 5) is 0. The van der Waals surface area contributed by atoms with Crippen molar-refractivity contribution in [2.75, 3.05) is 46.0 Å². The Hall–Kier alpha value is -0.940. The molecule has 1 N–H and O–H groups in total. The van der Waals surface area contributed by atoms with Gasteiger partial charge in [0.1, 0.15) is 18.2 Å². The van der Waals surface area contributed by atoms with Gasteiger partial charge in [-0.15, -0.1) is 0 Å². The molecule has 3 aliphatic heterocycles. The van der Waals surface area contributed by atoms with Crippen LogP contribution in [-0.4, -0.2) is 61.7 Å². The first kappa shape index (κ1) is 24.2. The highest BCUT2D eigenvalue weighted by molar-refractivity contribution is 5.24. The van der Waals surface area contributed by atoms with Crippen LogP contribution in [0.3, 0.4) is 0 Å². The fourth-order valence-electron chi connectivity index (χ4n) is 6.53. The first-order chi connectivity index (χ1) is 15.7. The fourth-order valence-corrected chi connectivity index (χ4v) is 6.53. The van der Waals surface area contributed by atoms with Crippen LogP contribution in [0.1, 0.15) is 76.7 Å². The van der Waals surface area contributed by atoms with Gasteiger partial charge in [-0.2, -0.15) is 0 Å². The number of rotatable bonds is 13. The predicted molar refractivity (Wildman–Crippen MR) is 129 cm³/mol. The summed E-state index contributed by atoms with van der Waals surface area (Å²) >= 11 is 0. The number of ether oxygens (including phenoxy) is 2. The van der Waals surface area contributed by atoms with E-state index < -0.39 is 5.60 Å². The molecule has 32 heavy (non-hydrogen) atoms. The molecule has 4 aliphatic rings. The minimum atomic E-state index is -0.843. The maximum atomic E-state index is 11.9. The van der Waals surface area contributed by atoms with Gasteiger partial charge in [0.2, 0.25) is 0 Å². The van der Waals surface area contributed by atoms with Crippen molar-refractivity contribution in [2.45, 2.75) is 82.8 Å². The van der Waals surface area contributed by atoms with Crippen molar-refractivity contribution in [3.05, 3.63) is 35.9 Å². The van der Waals surface area contributed by atoms with Gasteiger partial charge in [0.15, 0.2) is 0 Å². The Morgan fingerprint density at radius 1 is 0.969 bits per heavy atom. The van der Waals surface area contributed by atoms with Crippen LogP contribution < -0.4 is 0 Å². The molecule has 0 spiro atoms. The minimum Gasteiger partial charge on any atom is -0.382 e. The second-order valence-electron chi connectivity index (χ2n) is 10.8. The summed E-state index contributed by atoms with van der Waals surface area (Å²) in [6, 6.07) is 10.3. The topological polar surface area (TPSA) is 38.7 Å². The summed E-state index contributed by atoms with van der Waals surface area (Å²) in [7, 11) is 0. The molecule has 4 heteroatoms. The van der Waals surface area contributed by atoms with Gasteiger partial charge in [0, 0.05) is 32.0 Å². The molecule has 1 aliphatic carbocycles. The van der Waals surface area contributed by atoms with Gasteiger partial charge < -0.3 is 19.1 Å². The average molecular weight is 445 g/mol. The maximum absolute atomic E-state index is 11.9. The zero-order chi connectivity index (χ0) is 22.3. The molecule has 4 nitrogen and oxygen atoms in total. The molecule has 1 aromatic rings. The number of hydrogen-bond acceptors (Lipinski definition) is 3. The van der Waals surface area contributed by atoms with Crippen molar-refractivity contribution in [1.29, 1.82) is 0 Å². The zero-order valence-corrected chi connectivity index (χ0v) is 20.4. The van der Waals surface area contributed by atoms with E-state index in [2.05, 4.69) is 31.2 Å². The molecule has 180 valence electrons. The molecule has 5 rings (SSSR count). The number of fused-ring (bicyclic) bond motifs is 3. The Morgan fingerprint density at radius 3 is 2.41 bits per heavy atom. The van der Waals surface area contributed by atoms with E-state index in [0.29, 0.717) is 24.5 Å². The smallest absolute Gasteiger partial charge is 0.116 e. The van der Waals surface area contributed by atoms with Crippen molar-refractivity contribution in [3.8, 4) is 0 Å². The Morgan fingerprint density at radius 2 is 1.69 bits per heavy atom. The Labute approximate surface area is 195 Å². The van der Waals surface area contributed by atoms with E-state index >= 15 is 0 Å². The van der Waals surface area contributed by atoms with Crippen LogP contribution in [0.25, 0.3) is 0 Å². The van der Waals surface area contributed by atoms with Crippen molar-refractivity contribution in [1.82, 2.24) is 0 Å². The predicted octanol–water partition coefficient (Wildman–Crippen LogP) is 5.29. The average Bonchev–Trinajstić information content (AvgIpc) is 3.39. The first-order valence-electron chi connectivity index (χ1n) is 13.5. The van der Waals surface area contributed by atoms with E-state index in [4.69, 9.17) is 9.47 Å². The highest BCUT2D eigenvalue weighted by Crippen LogP contribution is 2.42. The largest absolute Gasteiger partial charge is 0.382 e. The lowest BCUT2D eigenvalue weighted by molar-refractivity contribution is -0.946. The van der Waals surface area contributed by atoms with Gasteiger partial charge in [-0.25, -0.2) is 0 Å². The van der Waals surface area contributed by atoms with E-state index in [9.17, 15) is 5.11 Å². The van der Waals surface area contributed by atoms with Crippen LogP contribution in [0.5, 0.6) is 0 Å². The normalized spacial score (nSPS) is 29.9. The molecule has 1 saturated carbocycles. The second-order valence-corrected chi connectivity index (χ2v) is 10.8. The number of aliphatic hydroxyl groups is 1. The number of unbranched alkanes of at least 4 members (excludes halogenated alkanes) is 2. The molecule has 3 saturated heterocycles. The Balaban J connectivity index is 1.31. The summed E-state index contributed by atoms with van der Waals surface area (Å²) in [6.45, 7) is 9.51. The van der Waals surface area contributed by atoms with Crippen LogP contribution in [0.15, 0.2) is 30.3 Å². The summed E-state index contributed by atoms with van der Waals surface area (Å²) in [6.07, 6.45) is 12.4. The summed E-state index contributed by atoms with van der Waals surface area (Å²) in [5.41, 5.74) is 0.199. The van der Waals surface area contributed by atoms with E-state index in [1.54, 1.807) is 0 Å². The van der Waals surface area contributed by atoms with E-state index in [-0.39, 0.29) is 0 Å². The molecule has 0 amide bonds. The lowest BCUT2D eigenvalue weighted by Gasteiger charge is -2.53. The lowest BCUT2D eigenvalue weighted by atomic mass is 9.80. The molecule has 0 radical (unpaired) electrons. The van der Waals surface area contributed by atoms with Gasteiger partial charge in [-0.3, -0.25) is 0 Å². The first-order valence-corrected chi connectivity index (χ1v) is 13.5. The van der Waals surface area contributed by atoms with E-state index in [1.807, 2.05) is 6.07 Å². The van der Waals surface area contributed by atoms with Crippen molar-refractivity contribution in [3.63, 3.8) is 0 Å². The molecule has 2 bridgehead atoms. The third kappa shape index (κ3) is 5.75. The van der Waals surface area contributed by atoms with E-state index in [1.165, 1.54) is 75.5 Å². The minimum absolute atomic E-state index is 0.301. The Bertz CT molecular complexity index is 667. The van der Waals surface area contributed by atoms with Crippen LogP contribution in [-0.2, 0) is 15.1 Å². The third-order valence-electron chi connectivity index (χ3n) is 8.68. The molecule has 4 fully saturated rings. The lowest BCUT2D eigenvalue weighted by Crippen LogP contribution is -2.64. The van der Waals surface area contributed by atoms with Crippen LogP contribution >= 0.6 is 0 Å². The van der Waals surface area contributed by atoms with Gasteiger partial charge in [-0.05, 0) is 43.6 Å². The van der Waals surface area contributed by atoms with Crippen molar-refractivity contribution >= 4 is 0 Å². The van der Waals surface area contributed by atoms with Gasteiger partial charge in [0.05, 0.1) is 26.2 Å². The Kier molecular flexibility index (Phi) is 8.67. The number of piperidine rings is 3. The fraction of sp³-hybridized carbons (Fsp3) is 0.786. The second kappa shape index (κ2) is 11.5. The number of benzene rings is 1. The van der Waals surface area contributed by atoms with Gasteiger partial charge in [-0.1, -0.05) is 56.5 Å².